The highest BCUT2D eigenvalue weighted by atomic mass is 32.2. The van der Waals surface area contributed by atoms with Crippen molar-refractivity contribution in [2.75, 3.05) is 31.8 Å². The van der Waals surface area contributed by atoms with Crippen molar-refractivity contribution in [3.63, 3.8) is 0 Å². The number of rotatable bonds is 12. The molecule has 10 heteroatoms. The first-order chi connectivity index (χ1) is 16.1. The van der Waals surface area contributed by atoms with Gasteiger partial charge in [-0.1, -0.05) is 53.4 Å². The molecule has 0 saturated heterocycles. The molecule has 2 N–H and O–H groups in total. The minimum absolute atomic E-state index is 0.117. The molecule has 1 heterocycles. The summed E-state index contributed by atoms with van der Waals surface area (Å²) in [6, 6.07) is 15.3. The molecule has 0 bridgehead atoms. The second-order valence-corrected chi connectivity index (χ2v) is 9.29. The largest absolute Gasteiger partial charge is 0.497 e. The average molecular weight is 487 g/mol. The Morgan fingerprint density at radius 1 is 1.03 bits per heavy atom. The molecule has 3 aromatic rings. The molecule has 0 radical (unpaired) electrons. The number of thioether (sulfide) groups is 1. The van der Waals surface area contributed by atoms with Gasteiger partial charge < -0.3 is 20.1 Å². The Kier molecular flexibility index (Phi) is 9.52. The summed E-state index contributed by atoms with van der Waals surface area (Å²) in [5, 5.41) is 14.0. The zero-order chi connectivity index (χ0) is 23.5. The van der Waals surface area contributed by atoms with Crippen LogP contribution in [0.1, 0.15) is 28.8 Å². The van der Waals surface area contributed by atoms with Crippen molar-refractivity contribution in [3.8, 4) is 11.5 Å². The van der Waals surface area contributed by atoms with E-state index in [0.717, 1.165) is 22.9 Å². The number of aromatic nitrogens is 2. The lowest BCUT2D eigenvalue weighted by Crippen LogP contribution is -2.27. The van der Waals surface area contributed by atoms with Crippen molar-refractivity contribution in [2.24, 2.45) is 0 Å². The van der Waals surface area contributed by atoms with E-state index >= 15 is 0 Å². The highest BCUT2D eigenvalue weighted by Crippen LogP contribution is 2.26. The third-order valence-electron chi connectivity index (χ3n) is 4.58. The molecule has 0 saturated carbocycles. The van der Waals surface area contributed by atoms with E-state index in [1.807, 2.05) is 18.2 Å². The molecule has 0 aliphatic heterocycles. The minimum Gasteiger partial charge on any atom is -0.497 e. The SMILES string of the molecule is COc1cc(OC)cc(C(=O)NCCC(=O)Nc2nnc(SCCCc3ccccc3)s2)c1. The summed E-state index contributed by atoms with van der Waals surface area (Å²) in [7, 11) is 3.03. The monoisotopic (exact) mass is 486 g/mol. The average Bonchev–Trinajstić information content (AvgIpc) is 3.29. The summed E-state index contributed by atoms with van der Waals surface area (Å²) >= 11 is 2.97. The van der Waals surface area contributed by atoms with Gasteiger partial charge in [-0.3, -0.25) is 9.59 Å². The third kappa shape index (κ3) is 8.07. The lowest BCUT2D eigenvalue weighted by atomic mass is 10.1. The van der Waals surface area contributed by atoms with Crippen molar-refractivity contribution in [1.29, 1.82) is 0 Å². The van der Waals surface area contributed by atoms with E-state index in [9.17, 15) is 9.59 Å². The van der Waals surface area contributed by atoms with Crippen molar-refractivity contribution in [3.05, 3.63) is 59.7 Å². The van der Waals surface area contributed by atoms with Gasteiger partial charge >= 0.3 is 0 Å². The van der Waals surface area contributed by atoms with Crippen LogP contribution in [0.3, 0.4) is 0 Å². The van der Waals surface area contributed by atoms with Gasteiger partial charge in [-0.2, -0.15) is 0 Å². The summed E-state index contributed by atoms with van der Waals surface area (Å²) in [6.07, 6.45) is 2.17. The van der Waals surface area contributed by atoms with E-state index in [-0.39, 0.29) is 24.8 Å². The molecular formula is C23H26N4O4S2. The van der Waals surface area contributed by atoms with Crippen molar-refractivity contribution in [2.45, 2.75) is 23.6 Å². The second-order valence-electron chi connectivity index (χ2n) is 6.97. The highest BCUT2D eigenvalue weighted by molar-refractivity contribution is 8.01. The number of hydrogen-bond acceptors (Lipinski definition) is 8. The number of carbonyl (C=O) groups is 2. The zero-order valence-corrected chi connectivity index (χ0v) is 20.1. The van der Waals surface area contributed by atoms with Crippen LogP contribution in [0.5, 0.6) is 11.5 Å². The van der Waals surface area contributed by atoms with Crippen LogP contribution in [0.2, 0.25) is 0 Å². The lowest BCUT2D eigenvalue weighted by molar-refractivity contribution is -0.116. The molecule has 0 aliphatic rings. The first-order valence-electron chi connectivity index (χ1n) is 10.4. The normalized spacial score (nSPS) is 10.5. The van der Waals surface area contributed by atoms with Crippen LogP contribution < -0.4 is 20.1 Å². The summed E-state index contributed by atoms with van der Waals surface area (Å²) in [5.41, 5.74) is 1.71. The van der Waals surface area contributed by atoms with E-state index in [4.69, 9.17) is 9.47 Å². The Morgan fingerprint density at radius 3 is 2.45 bits per heavy atom. The van der Waals surface area contributed by atoms with E-state index < -0.39 is 0 Å². The summed E-state index contributed by atoms with van der Waals surface area (Å²) in [5.74, 6) is 1.41. The van der Waals surface area contributed by atoms with Gasteiger partial charge in [0.15, 0.2) is 4.34 Å². The van der Waals surface area contributed by atoms with Crippen LogP contribution in [-0.4, -0.2) is 48.5 Å². The maximum absolute atomic E-state index is 12.4. The first kappa shape index (κ1) is 24.5. The van der Waals surface area contributed by atoms with Crippen molar-refractivity contribution in [1.82, 2.24) is 15.5 Å². The molecule has 0 atom stereocenters. The number of benzene rings is 2. The van der Waals surface area contributed by atoms with Crippen LogP contribution in [0.4, 0.5) is 5.13 Å². The number of nitrogens with zero attached hydrogens (tertiary/aromatic N) is 2. The maximum atomic E-state index is 12.4. The fourth-order valence-electron chi connectivity index (χ4n) is 2.91. The van der Waals surface area contributed by atoms with Gasteiger partial charge in [-0.25, -0.2) is 0 Å². The second kappa shape index (κ2) is 12.8. The number of amides is 2. The molecule has 33 heavy (non-hydrogen) atoms. The number of carbonyl (C=O) groups excluding carboxylic acids is 2. The molecule has 1 aromatic heterocycles. The van der Waals surface area contributed by atoms with Crippen LogP contribution in [-0.2, 0) is 11.2 Å². The highest BCUT2D eigenvalue weighted by Gasteiger charge is 2.12. The van der Waals surface area contributed by atoms with Crippen LogP contribution in [0.15, 0.2) is 52.9 Å². The first-order valence-corrected chi connectivity index (χ1v) is 12.2. The summed E-state index contributed by atoms with van der Waals surface area (Å²) in [6.45, 7) is 0.185. The fourth-order valence-corrected chi connectivity index (χ4v) is 4.69. The molecule has 2 aromatic carbocycles. The van der Waals surface area contributed by atoms with Gasteiger partial charge in [0, 0.05) is 30.3 Å². The van der Waals surface area contributed by atoms with Crippen LogP contribution >= 0.6 is 23.1 Å². The van der Waals surface area contributed by atoms with Gasteiger partial charge in [0.1, 0.15) is 11.5 Å². The van der Waals surface area contributed by atoms with Gasteiger partial charge in [0.05, 0.1) is 14.2 Å². The zero-order valence-electron chi connectivity index (χ0n) is 18.5. The minimum atomic E-state index is -0.315. The Bertz CT molecular complexity index is 1040. The number of anilines is 1. The Balaban J connectivity index is 1.37. The molecule has 3 rings (SSSR count). The molecule has 2 amide bonds. The maximum Gasteiger partial charge on any atom is 0.251 e. The summed E-state index contributed by atoms with van der Waals surface area (Å²) < 4.78 is 11.2. The van der Waals surface area contributed by atoms with Crippen LogP contribution in [0.25, 0.3) is 0 Å². The molecule has 174 valence electrons. The lowest BCUT2D eigenvalue weighted by Gasteiger charge is -2.09. The predicted molar refractivity (Wildman–Crippen MR) is 131 cm³/mol. The quantitative estimate of drug-likeness (QED) is 0.226. The number of aryl methyl sites for hydroxylation is 1. The Hall–Kier alpha value is -3.11. The molecule has 0 unspecified atom stereocenters. The molecule has 8 nitrogen and oxygen atoms in total. The number of methoxy groups -OCH3 is 2. The van der Waals surface area contributed by atoms with Gasteiger partial charge in [0.2, 0.25) is 11.0 Å². The third-order valence-corrected chi connectivity index (χ3v) is 6.64. The van der Waals surface area contributed by atoms with E-state index in [1.54, 1.807) is 30.0 Å². The number of nitrogens with one attached hydrogen (secondary N) is 2. The standard InChI is InChI=1S/C23H26N4O4S2/c1-30-18-13-17(14-19(15-18)31-2)21(29)24-11-10-20(28)25-22-26-27-23(33-22)32-12-6-9-16-7-4-3-5-8-16/h3-5,7-8,13-15H,6,9-12H2,1-2H3,(H,24,29)(H,25,26,28). The van der Waals surface area contributed by atoms with E-state index in [1.165, 1.54) is 31.1 Å². The predicted octanol–water partition coefficient (Wildman–Crippen LogP) is 4.04. The number of hydrogen-bond donors (Lipinski definition) is 2. The topological polar surface area (TPSA) is 102 Å². The van der Waals surface area contributed by atoms with E-state index in [2.05, 4.69) is 33.0 Å². The van der Waals surface area contributed by atoms with Gasteiger partial charge in [-0.05, 0) is 30.5 Å². The molecule has 0 aliphatic carbocycles. The van der Waals surface area contributed by atoms with Crippen LogP contribution in [0, 0.1) is 0 Å². The molecule has 0 fully saturated rings. The van der Waals surface area contributed by atoms with Crippen molar-refractivity contribution >= 4 is 40.0 Å². The Morgan fingerprint density at radius 2 is 1.76 bits per heavy atom. The fraction of sp³-hybridized carbons (Fsp3) is 0.304. The molecule has 0 spiro atoms. The number of ether oxygens (including phenoxy) is 2. The summed E-state index contributed by atoms with van der Waals surface area (Å²) in [4.78, 5) is 24.6. The Labute approximate surface area is 201 Å². The van der Waals surface area contributed by atoms with E-state index in [0.29, 0.717) is 22.2 Å². The molecular weight excluding hydrogens is 460 g/mol. The van der Waals surface area contributed by atoms with Gasteiger partial charge in [0.25, 0.3) is 5.91 Å². The smallest absolute Gasteiger partial charge is 0.251 e. The van der Waals surface area contributed by atoms with Gasteiger partial charge in [-0.15, -0.1) is 10.2 Å². The van der Waals surface area contributed by atoms with Crippen molar-refractivity contribution < 1.29 is 19.1 Å².